The molecule has 2 aliphatic heterocycles. The molecule has 8 heteroatoms. The Balaban J connectivity index is 1.53. The Bertz CT molecular complexity index is 902. The molecule has 2 fully saturated rings. The van der Waals surface area contributed by atoms with Crippen LogP contribution >= 0.6 is 0 Å². The summed E-state index contributed by atoms with van der Waals surface area (Å²) in [5, 5.41) is 21.6. The second kappa shape index (κ2) is 7.63. The van der Waals surface area contributed by atoms with Gasteiger partial charge in [0.05, 0.1) is 6.20 Å². The lowest BCUT2D eigenvalue weighted by atomic mass is 10.0. The maximum Gasteiger partial charge on any atom is 0.336 e. The van der Waals surface area contributed by atoms with Gasteiger partial charge >= 0.3 is 6.01 Å². The highest BCUT2D eigenvalue weighted by Crippen LogP contribution is 2.33. The second-order valence-corrected chi connectivity index (χ2v) is 7.23. The minimum atomic E-state index is -1.09. The standard InChI is InChI=1S/C20H22FN5O2/c1-11-7-17(27)14(8-12(11)5-6-22-2)16-10-23-20(26-25-16)28-18-9-13-3-4-15(24-13)19(18)21/h5-8,10,13,15,18-19,24,27H,2-4,9H2,1H3/b6-5-/t13?,15?,18-,19-/m0/s1. The molecule has 0 aliphatic carbocycles. The minimum absolute atomic E-state index is 0.0419. The van der Waals surface area contributed by atoms with E-state index in [9.17, 15) is 9.50 Å². The lowest BCUT2D eigenvalue weighted by Gasteiger charge is -2.31. The Labute approximate surface area is 162 Å². The maximum atomic E-state index is 14.5. The molecule has 3 heterocycles. The maximum absolute atomic E-state index is 14.5. The SMILES string of the molecule is C=N/C=C\c1cc(-c2cnc(O[C@H]3CC4CCC(N4)[C@@H]3F)nn2)c(O)cc1C. The summed E-state index contributed by atoms with van der Waals surface area (Å²) in [6, 6.07) is 3.59. The van der Waals surface area contributed by atoms with Crippen LogP contribution in [0.5, 0.6) is 11.8 Å². The quantitative estimate of drug-likeness (QED) is 0.772. The monoisotopic (exact) mass is 383 g/mol. The van der Waals surface area contributed by atoms with Gasteiger partial charge in [-0.15, -0.1) is 5.10 Å². The highest BCUT2D eigenvalue weighted by atomic mass is 19.1. The number of phenols is 1. The molecule has 2 saturated heterocycles. The van der Waals surface area contributed by atoms with Crippen LogP contribution in [-0.2, 0) is 0 Å². The van der Waals surface area contributed by atoms with Crippen molar-refractivity contribution >= 4 is 12.8 Å². The van der Waals surface area contributed by atoms with E-state index in [0.717, 1.165) is 24.0 Å². The van der Waals surface area contributed by atoms with Crippen LogP contribution in [0.3, 0.4) is 0 Å². The van der Waals surface area contributed by atoms with Gasteiger partial charge in [-0.1, -0.05) is 5.10 Å². The van der Waals surface area contributed by atoms with Crippen molar-refractivity contribution in [3.63, 3.8) is 0 Å². The van der Waals surface area contributed by atoms with Crippen LogP contribution in [0.15, 0.2) is 29.5 Å². The zero-order valence-electron chi connectivity index (χ0n) is 15.5. The van der Waals surface area contributed by atoms with E-state index in [-0.39, 0.29) is 23.8 Å². The zero-order chi connectivity index (χ0) is 19.7. The number of fused-ring (bicyclic) bond motifs is 2. The van der Waals surface area contributed by atoms with Gasteiger partial charge in [-0.25, -0.2) is 9.37 Å². The third-order valence-corrected chi connectivity index (χ3v) is 5.35. The average Bonchev–Trinajstić information content (AvgIpc) is 3.10. The number of alkyl halides is 1. The summed E-state index contributed by atoms with van der Waals surface area (Å²) in [6.07, 6.45) is 5.56. The minimum Gasteiger partial charge on any atom is -0.507 e. The van der Waals surface area contributed by atoms with Crippen LogP contribution in [0.1, 0.15) is 30.4 Å². The number of phenolic OH excluding ortho intramolecular Hbond substituents is 1. The molecule has 2 aliphatic rings. The fourth-order valence-electron chi connectivity index (χ4n) is 3.87. The summed E-state index contributed by atoms with van der Waals surface area (Å²) in [5.74, 6) is 0.0738. The predicted octanol–water partition coefficient (Wildman–Crippen LogP) is 2.83. The van der Waals surface area contributed by atoms with Gasteiger partial charge in [-0.05, 0) is 55.8 Å². The lowest BCUT2D eigenvalue weighted by Crippen LogP contribution is -2.51. The number of aliphatic imine (C=N–C) groups is 1. The summed E-state index contributed by atoms with van der Waals surface area (Å²) in [5.41, 5.74) is 2.64. The molecule has 2 unspecified atom stereocenters. The molecule has 0 amide bonds. The Morgan fingerprint density at radius 3 is 2.96 bits per heavy atom. The van der Waals surface area contributed by atoms with Crippen molar-refractivity contribution in [3.8, 4) is 23.0 Å². The molecule has 2 bridgehead atoms. The first-order chi connectivity index (χ1) is 13.5. The molecule has 2 N–H and O–H groups in total. The van der Waals surface area contributed by atoms with E-state index in [4.69, 9.17) is 4.74 Å². The summed E-state index contributed by atoms with van der Waals surface area (Å²) in [4.78, 5) is 7.87. The van der Waals surface area contributed by atoms with Crippen LogP contribution in [0.2, 0.25) is 0 Å². The fourth-order valence-corrected chi connectivity index (χ4v) is 3.87. The number of hydrogen-bond donors (Lipinski definition) is 2. The van der Waals surface area contributed by atoms with Crippen molar-refractivity contribution < 1.29 is 14.2 Å². The summed E-state index contributed by atoms with van der Waals surface area (Å²) in [6.45, 7) is 5.30. The molecule has 1 aromatic heterocycles. The van der Waals surface area contributed by atoms with E-state index in [2.05, 4.69) is 32.2 Å². The predicted molar refractivity (Wildman–Crippen MR) is 104 cm³/mol. The number of rotatable bonds is 5. The first-order valence-corrected chi connectivity index (χ1v) is 9.28. The second-order valence-electron chi connectivity index (χ2n) is 7.23. The topological polar surface area (TPSA) is 92.5 Å². The van der Waals surface area contributed by atoms with E-state index >= 15 is 0 Å². The van der Waals surface area contributed by atoms with Crippen molar-refractivity contribution in [2.24, 2.45) is 4.99 Å². The number of benzene rings is 1. The Hall–Kier alpha value is -2.87. The van der Waals surface area contributed by atoms with Gasteiger partial charge in [-0.3, -0.25) is 4.99 Å². The molecule has 7 nitrogen and oxygen atoms in total. The number of aromatic hydroxyl groups is 1. The molecule has 2 aromatic rings. The van der Waals surface area contributed by atoms with E-state index in [1.54, 1.807) is 24.4 Å². The molecular weight excluding hydrogens is 361 g/mol. The molecule has 0 radical (unpaired) electrons. The lowest BCUT2D eigenvalue weighted by molar-refractivity contribution is 0.0386. The van der Waals surface area contributed by atoms with Crippen LogP contribution in [0.4, 0.5) is 4.39 Å². The van der Waals surface area contributed by atoms with E-state index in [0.29, 0.717) is 17.7 Å². The van der Waals surface area contributed by atoms with Crippen molar-refractivity contribution in [1.29, 1.82) is 0 Å². The van der Waals surface area contributed by atoms with Crippen LogP contribution < -0.4 is 10.1 Å². The molecule has 0 spiro atoms. The van der Waals surface area contributed by atoms with Gasteiger partial charge in [0.1, 0.15) is 17.5 Å². The molecule has 28 heavy (non-hydrogen) atoms. The van der Waals surface area contributed by atoms with Gasteiger partial charge in [0.15, 0.2) is 6.17 Å². The number of halogens is 1. The fraction of sp³-hybridized carbons (Fsp3) is 0.400. The molecule has 4 atom stereocenters. The molecule has 146 valence electrons. The number of piperidine rings is 1. The molecular formula is C20H22FN5O2. The molecule has 0 saturated carbocycles. The third-order valence-electron chi connectivity index (χ3n) is 5.35. The van der Waals surface area contributed by atoms with Crippen molar-refractivity contribution in [3.05, 3.63) is 35.7 Å². The highest BCUT2D eigenvalue weighted by molar-refractivity contribution is 5.71. The number of hydrogen-bond acceptors (Lipinski definition) is 7. The highest BCUT2D eigenvalue weighted by Gasteiger charge is 2.43. The van der Waals surface area contributed by atoms with Crippen LogP contribution in [0.25, 0.3) is 17.3 Å². The number of aryl methyl sites for hydroxylation is 1. The normalized spacial score (nSPS) is 26.5. The van der Waals surface area contributed by atoms with Gasteiger partial charge in [0.25, 0.3) is 0 Å². The Kier molecular flexibility index (Phi) is 5.04. The zero-order valence-corrected chi connectivity index (χ0v) is 15.5. The number of nitrogens with one attached hydrogen (secondary N) is 1. The third kappa shape index (κ3) is 3.60. The Morgan fingerprint density at radius 1 is 1.36 bits per heavy atom. The molecule has 4 rings (SSSR count). The van der Waals surface area contributed by atoms with Gasteiger partial charge in [-0.2, -0.15) is 0 Å². The number of ether oxygens (including phenoxy) is 1. The van der Waals surface area contributed by atoms with E-state index < -0.39 is 12.3 Å². The van der Waals surface area contributed by atoms with E-state index in [1.807, 2.05) is 6.92 Å². The van der Waals surface area contributed by atoms with E-state index in [1.165, 1.54) is 6.20 Å². The van der Waals surface area contributed by atoms with Crippen LogP contribution in [0, 0.1) is 6.92 Å². The smallest absolute Gasteiger partial charge is 0.336 e. The van der Waals surface area contributed by atoms with Crippen molar-refractivity contribution in [2.75, 3.05) is 0 Å². The van der Waals surface area contributed by atoms with Gasteiger partial charge < -0.3 is 15.2 Å². The average molecular weight is 383 g/mol. The number of aromatic nitrogens is 3. The first kappa shape index (κ1) is 18.5. The number of nitrogens with zero attached hydrogens (tertiary/aromatic N) is 4. The van der Waals surface area contributed by atoms with Gasteiger partial charge in [0.2, 0.25) is 0 Å². The van der Waals surface area contributed by atoms with Crippen molar-refractivity contribution in [2.45, 2.75) is 50.5 Å². The summed E-state index contributed by atoms with van der Waals surface area (Å²) in [7, 11) is 0. The summed E-state index contributed by atoms with van der Waals surface area (Å²) >= 11 is 0. The van der Waals surface area contributed by atoms with Crippen LogP contribution in [-0.4, -0.2) is 51.4 Å². The molecule has 1 aromatic carbocycles. The Morgan fingerprint density at radius 2 is 2.21 bits per heavy atom. The largest absolute Gasteiger partial charge is 0.507 e. The van der Waals surface area contributed by atoms with Crippen molar-refractivity contribution in [1.82, 2.24) is 20.5 Å². The summed E-state index contributed by atoms with van der Waals surface area (Å²) < 4.78 is 20.2. The van der Waals surface area contributed by atoms with Gasteiger partial charge in [0, 0.05) is 30.3 Å². The first-order valence-electron chi connectivity index (χ1n) is 9.28.